The van der Waals surface area contributed by atoms with Gasteiger partial charge in [0.05, 0.1) is 11.7 Å². The second kappa shape index (κ2) is 6.41. The van der Waals surface area contributed by atoms with Crippen molar-refractivity contribution in [1.29, 1.82) is 0 Å². The summed E-state index contributed by atoms with van der Waals surface area (Å²) in [6.45, 7) is 1.52. The van der Waals surface area contributed by atoms with Crippen LogP contribution in [-0.2, 0) is 22.4 Å². The average Bonchev–Trinajstić information content (AvgIpc) is 2.99. The second-order valence-electron chi connectivity index (χ2n) is 6.89. The predicted molar refractivity (Wildman–Crippen MR) is 98.1 cm³/mol. The molecule has 2 atom stereocenters. The van der Waals surface area contributed by atoms with Crippen LogP contribution in [0.3, 0.4) is 0 Å². The molecule has 5 heteroatoms. The van der Waals surface area contributed by atoms with Crippen LogP contribution in [-0.4, -0.2) is 29.7 Å². The Hall–Kier alpha value is -2.95. The smallest absolute Gasteiger partial charge is 0.251 e. The van der Waals surface area contributed by atoms with Gasteiger partial charge in [-0.1, -0.05) is 36.4 Å². The quantitative estimate of drug-likeness (QED) is 0.925. The summed E-state index contributed by atoms with van der Waals surface area (Å²) in [6.07, 6.45) is 1.76. The van der Waals surface area contributed by atoms with Crippen LogP contribution in [0.25, 0.3) is 0 Å². The summed E-state index contributed by atoms with van der Waals surface area (Å²) in [5.41, 5.74) is 3.49. The number of anilines is 1. The summed E-state index contributed by atoms with van der Waals surface area (Å²) in [7, 11) is 0. The lowest BCUT2D eigenvalue weighted by molar-refractivity contribution is -0.124. The molecule has 26 heavy (non-hydrogen) atoms. The number of ketones is 1. The molecule has 0 radical (unpaired) electrons. The number of para-hydroxylation sites is 1. The fraction of sp³-hybridized carbons (Fsp3) is 0.286. The Morgan fingerprint density at radius 2 is 1.77 bits per heavy atom. The van der Waals surface area contributed by atoms with Crippen molar-refractivity contribution in [2.75, 3.05) is 4.90 Å². The van der Waals surface area contributed by atoms with Crippen LogP contribution in [0.4, 0.5) is 5.69 Å². The van der Waals surface area contributed by atoms with Crippen molar-refractivity contribution < 1.29 is 14.4 Å². The van der Waals surface area contributed by atoms with Crippen molar-refractivity contribution >= 4 is 23.3 Å². The van der Waals surface area contributed by atoms with E-state index in [1.165, 1.54) is 6.92 Å². The van der Waals surface area contributed by atoms with E-state index in [9.17, 15) is 14.4 Å². The van der Waals surface area contributed by atoms with Crippen molar-refractivity contribution in [3.63, 3.8) is 0 Å². The lowest BCUT2D eigenvalue weighted by Crippen LogP contribution is -2.52. The number of amides is 2. The van der Waals surface area contributed by atoms with E-state index in [4.69, 9.17) is 0 Å². The Balaban J connectivity index is 1.66. The molecular weight excluding hydrogens is 328 g/mol. The molecule has 0 saturated carbocycles. The number of hydrogen-bond acceptors (Lipinski definition) is 3. The summed E-state index contributed by atoms with van der Waals surface area (Å²) in [5, 5.41) is 2.87. The molecule has 0 spiro atoms. The molecular formula is C21H20N2O3. The zero-order valence-electron chi connectivity index (χ0n) is 14.6. The summed E-state index contributed by atoms with van der Waals surface area (Å²) in [5.74, 6) is -0.498. The zero-order chi connectivity index (χ0) is 18.3. The van der Waals surface area contributed by atoms with E-state index in [0.717, 1.165) is 16.8 Å². The predicted octanol–water partition coefficient (Wildman–Crippen LogP) is 2.28. The molecule has 0 fully saturated rings. The largest absolute Gasteiger partial charge is 0.340 e. The number of Topliss-reactive ketones (excluding diaryl/α,β-unsaturated/α-hetero) is 1. The first-order valence-electron chi connectivity index (χ1n) is 8.86. The zero-order valence-corrected chi connectivity index (χ0v) is 14.6. The topological polar surface area (TPSA) is 66.5 Å². The lowest BCUT2D eigenvalue weighted by atomic mass is 10.0. The third kappa shape index (κ3) is 2.69. The van der Waals surface area contributed by atoms with Crippen LogP contribution in [0.2, 0.25) is 0 Å². The van der Waals surface area contributed by atoms with Gasteiger partial charge in [-0.25, -0.2) is 0 Å². The Morgan fingerprint density at radius 3 is 2.50 bits per heavy atom. The van der Waals surface area contributed by atoms with E-state index in [0.29, 0.717) is 24.8 Å². The fourth-order valence-corrected chi connectivity index (χ4v) is 3.92. The molecule has 2 aromatic rings. The molecule has 2 aromatic carbocycles. The monoisotopic (exact) mass is 348 g/mol. The summed E-state index contributed by atoms with van der Waals surface area (Å²) >= 11 is 0. The number of hydrogen-bond donors (Lipinski definition) is 1. The minimum Gasteiger partial charge on any atom is -0.340 e. The van der Waals surface area contributed by atoms with E-state index in [2.05, 4.69) is 5.32 Å². The van der Waals surface area contributed by atoms with Crippen LogP contribution in [0.5, 0.6) is 0 Å². The average molecular weight is 348 g/mol. The van der Waals surface area contributed by atoms with Crippen LogP contribution < -0.4 is 10.2 Å². The van der Waals surface area contributed by atoms with E-state index >= 15 is 0 Å². The van der Waals surface area contributed by atoms with E-state index in [1.807, 2.05) is 24.3 Å². The van der Waals surface area contributed by atoms with E-state index in [1.54, 1.807) is 29.2 Å². The molecule has 0 saturated heterocycles. The molecule has 4 rings (SSSR count). The number of carbonyl (C=O) groups is 3. The number of benzene rings is 2. The van der Waals surface area contributed by atoms with Crippen molar-refractivity contribution in [2.24, 2.45) is 0 Å². The first kappa shape index (κ1) is 16.5. The Morgan fingerprint density at radius 1 is 1.04 bits per heavy atom. The minimum atomic E-state index is -0.636. The number of nitrogens with zero attached hydrogens (tertiary/aromatic N) is 1. The molecule has 2 aliphatic rings. The summed E-state index contributed by atoms with van der Waals surface area (Å²) in [6, 6.07) is 13.7. The van der Waals surface area contributed by atoms with E-state index < -0.39 is 12.1 Å². The normalized spacial score (nSPS) is 21.1. The highest BCUT2D eigenvalue weighted by Gasteiger charge is 2.42. The van der Waals surface area contributed by atoms with Gasteiger partial charge in [0.2, 0.25) is 5.91 Å². The van der Waals surface area contributed by atoms with Crippen LogP contribution in [0.15, 0.2) is 48.5 Å². The molecule has 2 unspecified atom stereocenters. The second-order valence-corrected chi connectivity index (χ2v) is 6.89. The van der Waals surface area contributed by atoms with Gasteiger partial charge in [-0.05, 0) is 43.0 Å². The fourth-order valence-electron chi connectivity index (χ4n) is 3.92. The number of aryl methyl sites for hydroxylation is 1. The van der Waals surface area contributed by atoms with Crippen molar-refractivity contribution in [1.82, 2.24) is 5.32 Å². The number of rotatable bonds is 3. The van der Waals surface area contributed by atoms with Crippen LogP contribution >= 0.6 is 0 Å². The third-order valence-corrected chi connectivity index (χ3v) is 5.22. The van der Waals surface area contributed by atoms with Gasteiger partial charge in [-0.2, -0.15) is 0 Å². The van der Waals surface area contributed by atoms with Gasteiger partial charge in [0.25, 0.3) is 5.91 Å². The lowest BCUT2D eigenvalue weighted by Gasteiger charge is -2.27. The Kier molecular flexibility index (Phi) is 4.07. The third-order valence-electron chi connectivity index (χ3n) is 5.22. The molecule has 2 amide bonds. The molecule has 2 aliphatic heterocycles. The Bertz CT molecular complexity index is 891. The highest BCUT2D eigenvalue weighted by molar-refractivity contribution is 6.08. The maximum atomic E-state index is 13.2. The van der Waals surface area contributed by atoms with Gasteiger partial charge < -0.3 is 5.32 Å². The number of carbonyl (C=O) groups excluding carboxylic acids is 3. The maximum Gasteiger partial charge on any atom is 0.251 e. The molecule has 0 aliphatic carbocycles. The van der Waals surface area contributed by atoms with Crippen molar-refractivity contribution in [3.8, 4) is 0 Å². The van der Waals surface area contributed by atoms with Gasteiger partial charge in [-0.15, -0.1) is 0 Å². The van der Waals surface area contributed by atoms with E-state index in [-0.39, 0.29) is 17.6 Å². The van der Waals surface area contributed by atoms with Crippen LogP contribution in [0.1, 0.15) is 34.8 Å². The summed E-state index contributed by atoms with van der Waals surface area (Å²) < 4.78 is 0. The first-order valence-corrected chi connectivity index (χ1v) is 8.86. The van der Waals surface area contributed by atoms with Crippen molar-refractivity contribution in [2.45, 2.75) is 38.3 Å². The minimum absolute atomic E-state index is 0.0319. The van der Waals surface area contributed by atoms with Gasteiger partial charge in [0.1, 0.15) is 6.04 Å². The molecule has 132 valence electrons. The van der Waals surface area contributed by atoms with Gasteiger partial charge in [0.15, 0.2) is 5.78 Å². The molecule has 0 bridgehead atoms. The maximum absolute atomic E-state index is 13.2. The highest BCUT2D eigenvalue weighted by atomic mass is 16.2. The van der Waals surface area contributed by atoms with Gasteiger partial charge in [0, 0.05) is 12.0 Å². The standard InChI is InChI=1S/C21H20N2O3/c1-13(24)18-12-16-9-5-8-14-10-11-17(21(26)23(18)19(14)16)22-20(25)15-6-3-2-4-7-15/h2-9,17-18H,10-12H2,1H3,(H,22,25). The van der Waals surface area contributed by atoms with Gasteiger partial charge in [-0.3, -0.25) is 19.3 Å². The first-order chi connectivity index (χ1) is 12.6. The SMILES string of the molecule is CC(=O)C1Cc2cccc3c2N1C(=O)C(NC(=O)c1ccccc1)CC3. The molecule has 5 nitrogen and oxygen atoms in total. The Labute approximate surface area is 152 Å². The highest BCUT2D eigenvalue weighted by Crippen LogP contribution is 2.39. The van der Waals surface area contributed by atoms with Gasteiger partial charge >= 0.3 is 0 Å². The molecule has 1 N–H and O–H groups in total. The molecule has 2 heterocycles. The molecule has 0 aromatic heterocycles. The summed E-state index contributed by atoms with van der Waals surface area (Å²) in [4.78, 5) is 39.5. The van der Waals surface area contributed by atoms with Crippen molar-refractivity contribution in [3.05, 3.63) is 65.2 Å². The number of nitrogens with one attached hydrogen (secondary N) is 1. The van der Waals surface area contributed by atoms with Crippen LogP contribution in [0, 0.1) is 0 Å².